The van der Waals surface area contributed by atoms with Crippen molar-refractivity contribution in [3.8, 4) is 45.6 Å². The molecular weight excluding hydrogens is 512 g/mol. The predicted molar refractivity (Wildman–Crippen MR) is 162 cm³/mol. The highest BCUT2D eigenvalue weighted by atomic mass is 32.1. The standard InChI is InChI=1S/C34H20N4OS/c1-4-12-21(13-5-1)31-36-32(22-14-6-2-7-15-22)38-33(37-31)25-20-26-29(39-34(35-26)23-16-8-3-9-17-23)28-24-18-10-11-19-27(24)40-30(25)28/h1-20H. The molecule has 6 heteroatoms. The van der Waals surface area contributed by atoms with Crippen LogP contribution in [0.2, 0.25) is 0 Å². The van der Waals surface area contributed by atoms with E-state index in [1.165, 1.54) is 4.70 Å². The Balaban J connectivity index is 1.45. The van der Waals surface area contributed by atoms with Crippen molar-refractivity contribution in [2.75, 3.05) is 0 Å². The molecule has 0 aliphatic heterocycles. The van der Waals surface area contributed by atoms with E-state index in [9.17, 15) is 0 Å². The second kappa shape index (κ2) is 9.22. The van der Waals surface area contributed by atoms with Crippen LogP contribution in [0.4, 0.5) is 0 Å². The number of hydrogen-bond donors (Lipinski definition) is 0. The first-order valence-corrected chi connectivity index (χ1v) is 13.8. The number of benzene rings is 5. The minimum atomic E-state index is 0.593. The van der Waals surface area contributed by atoms with Gasteiger partial charge in [0, 0.05) is 37.7 Å². The summed E-state index contributed by atoms with van der Waals surface area (Å²) in [6, 6.07) is 40.5. The molecule has 0 fully saturated rings. The summed E-state index contributed by atoms with van der Waals surface area (Å²) in [5.74, 6) is 2.46. The first-order valence-electron chi connectivity index (χ1n) is 13.0. The van der Waals surface area contributed by atoms with E-state index in [0.29, 0.717) is 23.4 Å². The Morgan fingerprint density at radius 2 is 1.07 bits per heavy atom. The van der Waals surface area contributed by atoms with Crippen LogP contribution in [0.5, 0.6) is 0 Å². The summed E-state index contributed by atoms with van der Waals surface area (Å²) in [7, 11) is 0. The maximum absolute atomic E-state index is 6.45. The third kappa shape index (κ3) is 3.77. The Bertz CT molecular complexity index is 2100. The molecule has 0 aliphatic rings. The third-order valence-electron chi connectivity index (χ3n) is 6.96. The summed E-state index contributed by atoms with van der Waals surface area (Å²) in [4.78, 5) is 19.8. The molecule has 40 heavy (non-hydrogen) atoms. The number of fused-ring (bicyclic) bond motifs is 5. The number of hydrogen-bond acceptors (Lipinski definition) is 6. The molecule has 3 aromatic heterocycles. The Kier molecular flexibility index (Phi) is 5.24. The topological polar surface area (TPSA) is 64.7 Å². The van der Waals surface area contributed by atoms with Gasteiger partial charge >= 0.3 is 0 Å². The molecule has 0 saturated heterocycles. The fraction of sp³-hybridized carbons (Fsp3) is 0. The van der Waals surface area contributed by atoms with E-state index >= 15 is 0 Å². The molecule has 8 aromatic rings. The molecule has 5 nitrogen and oxygen atoms in total. The van der Waals surface area contributed by atoms with Gasteiger partial charge in [-0.05, 0) is 24.3 Å². The van der Waals surface area contributed by atoms with Crippen molar-refractivity contribution in [1.29, 1.82) is 0 Å². The number of nitrogens with zero attached hydrogens (tertiary/aromatic N) is 4. The van der Waals surface area contributed by atoms with Crippen LogP contribution >= 0.6 is 11.3 Å². The van der Waals surface area contributed by atoms with E-state index in [1.807, 2.05) is 91.0 Å². The zero-order chi connectivity index (χ0) is 26.5. The lowest BCUT2D eigenvalue weighted by atomic mass is 10.1. The molecule has 0 atom stereocenters. The van der Waals surface area contributed by atoms with Crippen LogP contribution in [-0.4, -0.2) is 19.9 Å². The molecule has 0 aliphatic carbocycles. The molecule has 188 valence electrons. The van der Waals surface area contributed by atoms with Gasteiger partial charge in [0.05, 0.1) is 4.70 Å². The number of rotatable bonds is 4. The lowest BCUT2D eigenvalue weighted by Gasteiger charge is -2.09. The number of aromatic nitrogens is 4. The Morgan fingerprint density at radius 3 is 1.73 bits per heavy atom. The molecule has 0 unspecified atom stereocenters. The molecule has 0 spiro atoms. The number of thiophene rings is 1. The van der Waals surface area contributed by atoms with Crippen LogP contribution in [0.25, 0.3) is 76.9 Å². The minimum Gasteiger partial charge on any atom is -0.435 e. The Hall–Kier alpha value is -5.20. The van der Waals surface area contributed by atoms with Crippen LogP contribution in [0.3, 0.4) is 0 Å². The maximum atomic E-state index is 6.45. The largest absolute Gasteiger partial charge is 0.435 e. The fourth-order valence-electron chi connectivity index (χ4n) is 5.07. The maximum Gasteiger partial charge on any atom is 0.227 e. The van der Waals surface area contributed by atoms with E-state index in [1.54, 1.807) is 11.3 Å². The Morgan fingerprint density at radius 1 is 0.525 bits per heavy atom. The summed E-state index contributed by atoms with van der Waals surface area (Å²) >= 11 is 1.72. The molecule has 8 rings (SSSR count). The van der Waals surface area contributed by atoms with Crippen LogP contribution < -0.4 is 0 Å². The second-order valence-corrected chi connectivity index (χ2v) is 10.6. The van der Waals surface area contributed by atoms with E-state index in [4.69, 9.17) is 24.4 Å². The van der Waals surface area contributed by atoms with Gasteiger partial charge in [0.1, 0.15) is 5.52 Å². The predicted octanol–water partition coefficient (Wildman–Crippen LogP) is 9.05. The van der Waals surface area contributed by atoms with Crippen molar-refractivity contribution in [3.05, 3.63) is 121 Å². The van der Waals surface area contributed by atoms with Crippen LogP contribution in [0, 0.1) is 0 Å². The van der Waals surface area contributed by atoms with Crippen molar-refractivity contribution >= 4 is 42.6 Å². The molecule has 3 heterocycles. The molecule has 0 saturated carbocycles. The van der Waals surface area contributed by atoms with Gasteiger partial charge in [0.25, 0.3) is 0 Å². The van der Waals surface area contributed by atoms with E-state index in [0.717, 1.165) is 48.8 Å². The summed E-state index contributed by atoms with van der Waals surface area (Å²) in [6.07, 6.45) is 0. The third-order valence-corrected chi connectivity index (χ3v) is 8.17. The first kappa shape index (κ1) is 22.8. The summed E-state index contributed by atoms with van der Waals surface area (Å²) in [5, 5.41) is 2.16. The average molecular weight is 533 g/mol. The SMILES string of the molecule is c1ccc(-c2nc(-c3ccccc3)nc(-c3cc4nc(-c5ccccc5)oc4c4c3sc3ccccc34)n2)cc1. The zero-order valence-electron chi connectivity index (χ0n) is 21.2. The highest BCUT2D eigenvalue weighted by Gasteiger charge is 2.22. The summed E-state index contributed by atoms with van der Waals surface area (Å²) < 4.78 is 8.69. The van der Waals surface area contributed by atoms with Crippen molar-refractivity contribution in [2.45, 2.75) is 0 Å². The van der Waals surface area contributed by atoms with Gasteiger partial charge in [0.15, 0.2) is 23.1 Å². The van der Waals surface area contributed by atoms with Gasteiger partial charge in [-0.1, -0.05) is 97.1 Å². The summed E-state index contributed by atoms with van der Waals surface area (Å²) in [6.45, 7) is 0. The molecule has 0 N–H and O–H groups in total. The summed E-state index contributed by atoms with van der Waals surface area (Å²) in [5.41, 5.74) is 5.26. The zero-order valence-corrected chi connectivity index (χ0v) is 22.0. The fourth-order valence-corrected chi connectivity index (χ4v) is 6.28. The first-order chi connectivity index (χ1) is 19.8. The van der Waals surface area contributed by atoms with Gasteiger partial charge in [-0.15, -0.1) is 11.3 Å². The van der Waals surface area contributed by atoms with Crippen molar-refractivity contribution in [2.24, 2.45) is 0 Å². The lowest BCUT2D eigenvalue weighted by Crippen LogP contribution is -2.00. The normalized spacial score (nSPS) is 11.5. The molecule has 5 aromatic carbocycles. The van der Waals surface area contributed by atoms with Gasteiger partial charge in [0.2, 0.25) is 5.89 Å². The van der Waals surface area contributed by atoms with E-state index in [-0.39, 0.29) is 0 Å². The van der Waals surface area contributed by atoms with Crippen molar-refractivity contribution < 1.29 is 4.42 Å². The van der Waals surface area contributed by atoms with Crippen molar-refractivity contribution in [3.63, 3.8) is 0 Å². The van der Waals surface area contributed by atoms with Crippen LogP contribution in [0.1, 0.15) is 0 Å². The molecule has 0 bridgehead atoms. The van der Waals surface area contributed by atoms with Gasteiger partial charge in [-0.3, -0.25) is 0 Å². The smallest absolute Gasteiger partial charge is 0.227 e. The van der Waals surface area contributed by atoms with Gasteiger partial charge < -0.3 is 4.42 Å². The molecule has 0 amide bonds. The lowest BCUT2D eigenvalue weighted by molar-refractivity contribution is 0.623. The van der Waals surface area contributed by atoms with Crippen LogP contribution in [-0.2, 0) is 0 Å². The van der Waals surface area contributed by atoms with Crippen molar-refractivity contribution in [1.82, 2.24) is 19.9 Å². The quantitative estimate of drug-likeness (QED) is 0.226. The highest BCUT2D eigenvalue weighted by molar-refractivity contribution is 7.26. The van der Waals surface area contributed by atoms with Crippen LogP contribution in [0.15, 0.2) is 126 Å². The molecule has 0 radical (unpaired) electrons. The van der Waals surface area contributed by atoms with E-state index in [2.05, 4.69) is 30.3 Å². The van der Waals surface area contributed by atoms with Gasteiger partial charge in [-0.25, -0.2) is 19.9 Å². The second-order valence-electron chi connectivity index (χ2n) is 9.50. The minimum absolute atomic E-state index is 0.593. The number of oxazole rings is 1. The van der Waals surface area contributed by atoms with Gasteiger partial charge in [-0.2, -0.15) is 0 Å². The monoisotopic (exact) mass is 532 g/mol. The van der Waals surface area contributed by atoms with E-state index < -0.39 is 0 Å². The molecular formula is C34H20N4OS. The highest BCUT2D eigenvalue weighted by Crippen LogP contribution is 2.44. The average Bonchev–Trinajstić information content (AvgIpc) is 3.63. The Labute approximate surface area is 233 Å².